The van der Waals surface area contributed by atoms with Crippen LogP contribution in [0.3, 0.4) is 0 Å². The number of carbonyl (C=O) groups is 1. The van der Waals surface area contributed by atoms with Gasteiger partial charge in [0.2, 0.25) is 0 Å². The zero-order chi connectivity index (χ0) is 23.0. The zero-order valence-corrected chi connectivity index (χ0v) is 18.5. The van der Waals surface area contributed by atoms with Crippen molar-refractivity contribution in [3.05, 3.63) is 51.8 Å². The molecule has 0 spiro atoms. The van der Waals surface area contributed by atoms with Crippen LogP contribution in [0, 0.1) is 0 Å². The molecule has 0 bridgehead atoms. The predicted octanol–water partition coefficient (Wildman–Crippen LogP) is 5.22. The van der Waals surface area contributed by atoms with Gasteiger partial charge in [-0.3, -0.25) is 9.52 Å². The van der Waals surface area contributed by atoms with Gasteiger partial charge in [-0.15, -0.1) is 0 Å². The van der Waals surface area contributed by atoms with Crippen molar-refractivity contribution >= 4 is 44.8 Å². The molecule has 1 unspecified atom stereocenters. The second-order valence-corrected chi connectivity index (χ2v) is 9.66. The number of amides is 1. The Balaban J connectivity index is 1.99. The fourth-order valence-corrected chi connectivity index (χ4v) is 4.78. The second kappa shape index (κ2) is 8.84. The number of alkyl halides is 3. The summed E-state index contributed by atoms with van der Waals surface area (Å²) in [7, 11) is -4.51. The number of hydrogen-bond donors (Lipinski definition) is 1. The molecule has 1 amide bonds. The van der Waals surface area contributed by atoms with Gasteiger partial charge in [0.05, 0.1) is 26.2 Å². The third kappa shape index (κ3) is 5.24. The van der Waals surface area contributed by atoms with E-state index in [1.807, 2.05) is 6.92 Å². The molecule has 3 rings (SSSR count). The van der Waals surface area contributed by atoms with E-state index in [1.54, 1.807) is 4.90 Å². The number of likely N-dealkylation sites (tertiary alicyclic amines) is 1. The van der Waals surface area contributed by atoms with Crippen molar-refractivity contribution in [2.75, 3.05) is 11.3 Å². The Morgan fingerprint density at radius 2 is 1.94 bits per heavy atom. The maximum absolute atomic E-state index is 13.1. The average molecular weight is 496 g/mol. The molecule has 1 aromatic heterocycles. The van der Waals surface area contributed by atoms with Gasteiger partial charge in [-0.05, 0) is 50.5 Å². The van der Waals surface area contributed by atoms with Crippen LogP contribution in [0.25, 0.3) is 0 Å². The fourth-order valence-electron chi connectivity index (χ4n) is 3.32. The van der Waals surface area contributed by atoms with Crippen molar-refractivity contribution in [1.82, 2.24) is 9.88 Å². The van der Waals surface area contributed by atoms with Crippen molar-refractivity contribution in [3.63, 3.8) is 0 Å². The summed E-state index contributed by atoms with van der Waals surface area (Å²) in [6, 6.07) is 3.34. The summed E-state index contributed by atoms with van der Waals surface area (Å²) in [6.45, 7) is 2.37. The number of halogens is 5. The standard InChI is InChI=1S/C19H18Cl2F3N3O3S/c1-11-4-2-3-7-27(11)18(28)17-16(8-12(20)10-25-17)26-31(29,30)13-5-6-15(21)14(9-13)19(22,23)24/h5-6,8-11,26H,2-4,7H2,1H3. The Morgan fingerprint density at radius 1 is 1.23 bits per heavy atom. The topological polar surface area (TPSA) is 79.4 Å². The molecule has 1 aromatic carbocycles. The van der Waals surface area contributed by atoms with Gasteiger partial charge in [-0.1, -0.05) is 23.2 Å². The predicted molar refractivity (Wildman–Crippen MR) is 111 cm³/mol. The number of pyridine rings is 1. The molecule has 2 heterocycles. The van der Waals surface area contributed by atoms with Crippen LogP contribution in [-0.2, 0) is 16.2 Å². The van der Waals surface area contributed by atoms with Crippen molar-refractivity contribution in [2.24, 2.45) is 0 Å². The van der Waals surface area contributed by atoms with E-state index in [0.717, 1.165) is 31.4 Å². The van der Waals surface area contributed by atoms with Gasteiger partial charge in [-0.25, -0.2) is 13.4 Å². The number of nitrogens with zero attached hydrogens (tertiary/aromatic N) is 2. The Bertz CT molecular complexity index is 1110. The molecule has 6 nitrogen and oxygen atoms in total. The summed E-state index contributed by atoms with van der Waals surface area (Å²) < 4.78 is 67.1. The minimum absolute atomic E-state index is 0.0491. The van der Waals surface area contributed by atoms with Gasteiger partial charge in [0.25, 0.3) is 15.9 Å². The molecule has 1 saturated heterocycles. The van der Waals surface area contributed by atoms with Crippen LogP contribution >= 0.6 is 23.2 Å². The quantitative estimate of drug-likeness (QED) is 0.630. The van der Waals surface area contributed by atoms with E-state index in [0.29, 0.717) is 12.6 Å². The number of aromatic nitrogens is 1. The number of rotatable bonds is 4. The lowest BCUT2D eigenvalue weighted by molar-refractivity contribution is -0.137. The summed E-state index contributed by atoms with van der Waals surface area (Å²) in [5, 5.41) is -0.584. The van der Waals surface area contributed by atoms with Crippen molar-refractivity contribution < 1.29 is 26.4 Å². The Morgan fingerprint density at radius 3 is 2.58 bits per heavy atom. The molecule has 0 saturated carbocycles. The van der Waals surface area contributed by atoms with Crippen molar-refractivity contribution in [1.29, 1.82) is 0 Å². The smallest absolute Gasteiger partial charge is 0.335 e. The molecule has 0 aliphatic carbocycles. The molecule has 1 aliphatic rings. The normalized spacial score (nSPS) is 17.5. The third-order valence-electron chi connectivity index (χ3n) is 4.92. The van der Waals surface area contributed by atoms with Crippen molar-refractivity contribution in [3.8, 4) is 0 Å². The second-order valence-electron chi connectivity index (χ2n) is 7.14. The van der Waals surface area contributed by atoms with Crippen LogP contribution in [0.1, 0.15) is 42.2 Å². The van der Waals surface area contributed by atoms with Gasteiger partial charge in [-0.2, -0.15) is 13.2 Å². The number of hydrogen-bond acceptors (Lipinski definition) is 4. The maximum atomic E-state index is 13.1. The molecule has 1 N–H and O–H groups in total. The van der Waals surface area contributed by atoms with E-state index in [1.165, 1.54) is 12.3 Å². The number of nitrogens with one attached hydrogen (secondary N) is 1. The van der Waals surface area contributed by atoms with Crippen LogP contribution in [0.15, 0.2) is 35.4 Å². The van der Waals surface area contributed by atoms with E-state index in [4.69, 9.17) is 23.2 Å². The molecule has 0 radical (unpaired) electrons. The van der Waals surface area contributed by atoms with Gasteiger partial charge >= 0.3 is 6.18 Å². The first-order chi connectivity index (χ1) is 14.4. The van der Waals surface area contributed by atoms with Crippen LogP contribution in [-0.4, -0.2) is 36.8 Å². The van der Waals surface area contributed by atoms with Gasteiger partial charge < -0.3 is 4.90 Å². The summed E-state index contributed by atoms with van der Waals surface area (Å²) in [5.74, 6) is -0.492. The van der Waals surface area contributed by atoms with E-state index in [-0.39, 0.29) is 22.4 Å². The lowest BCUT2D eigenvalue weighted by Crippen LogP contribution is -2.42. The highest BCUT2D eigenvalue weighted by Gasteiger charge is 2.35. The number of benzene rings is 1. The van der Waals surface area contributed by atoms with Gasteiger partial charge in [0.15, 0.2) is 5.69 Å². The Kier molecular flexibility index (Phi) is 6.73. The highest BCUT2D eigenvalue weighted by atomic mass is 35.5. The molecule has 12 heteroatoms. The van der Waals surface area contributed by atoms with E-state index >= 15 is 0 Å². The fraction of sp³-hybridized carbons (Fsp3) is 0.368. The van der Waals surface area contributed by atoms with Gasteiger partial charge in [0, 0.05) is 18.8 Å². The number of piperidine rings is 1. The highest BCUT2D eigenvalue weighted by molar-refractivity contribution is 7.92. The first-order valence-corrected chi connectivity index (χ1v) is 11.5. The van der Waals surface area contributed by atoms with Crippen LogP contribution in [0.5, 0.6) is 0 Å². The van der Waals surface area contributed by atoms with Gasteiger partial charge in [0.1, 0.15) is 0 Å². The molecule has 1 fully saturated rings. The number of carbonyl (C=O) groups excluding carboxylic acids is 1. The summed E-state index contributed by atoms with van der Waals surface area (Å²) in [6.07, 6.45) is -1.07. The van der Waals surface area contributed by atoms with Crippen LogP contribution in [0.2, 0.25) is 10.0 Å². The minimum Gasteiger partial charge on any atom is -0.335 e. The molecular formula is C19H18Cl2F3N3O3S. The molecule has 168 valence electrons. The van der Waals surface area contributed by atoms with E-state index in [2.05, 4.69) is 9.71 Å². The largest absolute Gasteiger partial charge is 0.417 e. The number of sulfonamides is 1. The average Bonchev–Trinajstić information content (AvgIpc) is 2.67. The minimum atomic E-state index is -4.84. The summed E-state index contributed by atoms with van der Waals surface area (Å²) in [4.78, 5) is 17.9. The third-order valence-corrected chi connectivity index (χ3v) is 6.82. The summed E-state index contributed by atoms with van der Waals surface area (Å²) in [5.41, 5.74) is -1.70. The van der Waals surface area contributed by atoms with Crippen LogP contribution in [0.4, 0.5) is 18.9 Å². The Labute approximate surface area is 187 Å². The first kappa shape index (κ1) is 23.6. The highest BCUT2D eigenvalue weighted by Crippen LogP contribution is 2.36. The lowest BCUT2D eigenvalue weighted by Gasteiger charge is -2.33. The number of anilines is 1. The SMILES string of the molecule is CC1CCCCN1C(=O)c1ncc(Cl)cc1NS(=O)(=O)c1ccc(Cl)c(C(F)(F)F)c1. The molecule has 1 atom stereocenters. The Hall–Kier alpha value is -2.04. The zero-order valence-electron chi connectivity index (χ0n) is 16.2. The van der Waals surface area contributed by atoms with Crippen molar-refractivity contribution in [2.45, 2.75) is 43.3 Å². The van der Waals surface area contributed by atoms with Crippen LogP contribution < -0.4 is 4.72 Å². The molecule has 1 aliphatic heterocycles. The molecular weight excluding hydrogens is 478 g/mol. The monoisotopic (exact) mass is 495 g/mol. The molecule has 31 heavy (non-hydrogen) atoms. The lowest BCUT2D eigenvalue weighted by atomic mass is 10.0. The molecule has 2 aromatic rings. The first-order valence-electron chi connectivity index (χ1n) is 9.26. The van der Waals surface area contributed by atoms with E-state index < -0.39 is 37.6 Å². The summed E-state index contributed by atoms with van der Waals surface area (Å²) >= 11 is 11.5. The maximum Gasteiger partial charge on any atom is 0.417 e. The van der Waals surface area contributed by atoms with E-state index in [9.17, 15) is 26.4 Å².